The third-order valence-electron chi connectivity index (χ3n) is 7.90. The van der Waals surface area contributed by atoms with E-state index in [0.29, 0.717) is 25.2 Å². The maximum Gasteiger partial charge on any atom is 0.369 e. The molecule has 21 nitrogen and oxygen atoms in total. The highest BCUT2D eigenvalue weighted by Gasteiger charge is 2.58. The smallest absolute Gasteiger partial charge is 0.369 e. The topological polar surface area (TPSA) is 346 Å². The number of carbonyl (C=O) groups excluding carboxylic acids is 2. The van der Waals surface area contributed by atoms with Gasteiger partial charge in [0.1, 0.15) is 11.6 Å². The monoisotopic (exact) mass is 824 g/mol. The molecule has 2 heterocycles. The van der Waals surface area contributed by atoms with Crippen LogP contribution in [0, 0.1) is 0 Å². The van der Waals surface area contributed by atoms with E-state index < -0.39 is 53.2 Å². The number of ketones is 2. The van der Waals surface area contributed by atoms with Gasteiger partial charge in [-0.3, -0.25) is 37.2 Å². The molecule has 0 spiro atoms. The van der Waals surface area contributed by atoms with Gasteiger partial charge in [0.25, 0.3) is 5.08 Å². The van der Waals surface area contributed by atoms with Crippen molar-refractivity contribution in [1.82, 2.24) is 30.0 Å². The summed E-state index contributed by atoms with van der Waals surface area (Å²) in [6, 6.07) is 0. The highest BCUT2D eigenvalue weighted by Crippen LogP contribution is 2.70. The second-order valence-corrected chi connectivity index (χ2v) is 21.2. The largest absolute Gasteiger partial charge is 0.369 e. The van der Waals surface area contributed by atoms with E-state index >= 15 is 0 Å². The number of rotatable bonds is 24. The summed E-state index contributed by atoms with van der Waals surface area (Å²) in [5, 5.41) is 29.1. The van der Waals surface area contributed by atoms with Crippen molar-refractivity contribution in [2.45, 2.75) is 127 Å². The number of aliphatic hydroxyl groups is 2. The molecule has 9 N–H and O–H groups in total. The normalized spacial score (nSPS) is 15.0. The van der Waals surface area contributed by atoms with Crippen molar-refractivity contribution in [2.24, 2.45) is 0 Å². The van der Waals surface area contributed by atoms with Crippen LogP contribution in [-0.4, -0.2) is 103 Å². The highest BCUT2D eigenvalue weighted by atomic mass is 31.2. The molecule has 0 aliphatic heterocycles. The van der Waals surface area contributed by atoms with Crippen LogP contribution in [0.1, 0.15) is 102 Å². The van der Waals surface area contributed by atoms with Gasteiger partial charge in [0.15, 0.2) is 0 Å². The Morgan fingerprint density at radius 1 is 0.615 bits per heavy atom. The average Bonchev–Trinajstić information content (AvgIpc) is 3.67. The fraction of sp³-hybridized carbons (Fsp3) is 0.778. The lowest BCUT2D eigenvalue weighted by Gasteiger charge is -2.30. The van der Waals surface area contributed by atoms with Crippen LogP contribution >= 0.6 is 30.2 Å². The number of hydrogen-bond acceptors (Lipinski definition) is 12. The molecule has 0 saturated heterocycles. The third kappa shape index (κ3) is 15.1. The van der Waals surface area contributed by atoms with Crippen LogP contribution in [0.15, 0.2) is 12.4 Å². The van der Waals surface area contributed by atoms with E-state index in [1.54, 1.807) is 21.8 Å². The van der Waals surface area contributed by atoms with Gasteiger partial charge in [-0.15, -0.1) is 10.2 Å². The molecular formula is C27H52N6O15P4. The first-order valence-corrected chi connectivity index (χ1v) is 23.5. The summed E-state index contributed by atoms with van der Waals surface area (Å²) in [5.41, 5.74) is 1.40. The fourth-order valence-electron chi connectivity index (χ4n) is 4.79. The van der Waals surface area contributed by atoms with Crippen molar-refractivity contribution >= 4 is 41.7 Å². The molecule has 0 fully saturated rings. The van der Waals surface area contributed by atoms with Crippen LogP contribution < -0.4 is 0 Å². The molecule has 0 aromatic carbocycles. The van der Waals surface area contributed by atoms with Gasteiger partial charge in [0.05, 0.1) is 11.4 Å². The Hall–Kier alpha value is -1.82. The zero-order valence-corrected chi connectivity index (χ0v) is 33.0. The molecule has 0 aliphatic rings. The second kappa shape index (κ2) is 20.7. The van der Waals surface area contributed by atoms with E-state index in [1.807, 2.05) is 13.8 Å². The summed E-state index contributed by atoms with van der Waals surface area (Å²) in [7, 11) is -20.5. The molecule has 0 saturated carbocycles. The maximum absolute atomic E-state index is 11.9. The Morgan fingerprint density at radius 3 is 1.27 bits per heavy atom. The van der Waals surface area contributed by atoms with E-state index in [2.05, 4.69) is 20.6 Å². The first kappa shape index (κ1) is 48.2. The SMILES string of the molecule is CCCn1cc(CCC(=O)CCCCC(O)(P(=O)(O)O)P(=O)(O)O)nn1.CCCn1cc(CCC(=O)CCCCC(O)(P(C)(=O)O)P(=O)(O)O)nn1. The number of aromatic nitrogens is 6. The molecule has 2 rings (SSSR count). The first-order chi connectivity index (χ1) is 23.8. The Bertz CT molecular complexity index is 1460. The van der Waals surface area contributed by atoms with Crippen molar-refractivity contribution in [3.05, 3.63) is 23.8 Å². The number of Topliss-reactive ketones (excluding diaryl/α,β-unsaturated/α-hetero) is 2. The Morgan fingerprint density at radius 2 is 0.962 bits per heavy atom. The minimum atomic E-state index is -5.44. The summed E-state index contributed by atoms with van der Waals surface area (Å²) in [5.74, 6) is -0.176. The van der Waals surface area contributed by atoms with Crippen LogP contribution in [0.25, 0.3) is 0 Å². The lowest BCUT2D eigenvalue weighted by Crippen LogP contribution is -2.28. The first-order valence-electron chi connectivity index (χ1n) is 16.5. The van der Waals surface area contributed by atoms with Gasteiger partial charge in [-0.25, -0.2) is 0 Å². The van der Waals surface area contributed by atoms with Gasteiger partial charge in [0.2, 0.25) is 12.5 Å². The third-order valence-corrected chi connectivity index (χ3v) is 16.4. The van der Waals surface area contributed by atoms with E-state index in [4.69, 9.17) is 19.6 Å². The number of hydrogen-bond donors (Lipinski definition) is 9. The molecule has 0 bridgehead atoms. The average molecular weight is 825 g/mol. The van der Waals surface area contributed by atoms with Crippen molar-refractivity contribution in [2.75, 3.05) is 6.66 Å². The lowest BCUT2D eigenvalue weighted by atomic mass is 10.1. The van der Waals surface area contributed by atoms with Crippen LogP contribution in [0.3, 0.4) is 0 Å². The molecule has 0 amide bonds. The van der Waals surface area contributed by atoms with Gasteiger partial charge in [-0.05, 0) is 64.2 Å². The predicted octanol–water partition coefficient (Wildman–Crippen LogP) is 2.23. The quantitative estimate of drug-likeness (QED) is 0.0541. The Labute approximate surface area is 301 Å². The number of nitrogens with zero attached hydrogens (tertiary/aromatic N) is 6. The van der Waals surface area contributed by atoms with Gasteiger partial charge in [-0.1, -0.05) is 24.3 Å². The Kier molecular flexibility index (Phi) is 19.2. The van der Waals surface area contributed by atoms with Crippen LogP contribution in [0.4, 0.5) is 0 Å². The highest BCUT2D eigenvalue weighted by molar-refractivity contribution is 7.74. The van der Waals surface area contributed by atoms with Gasteiger partial charge in [0, 0.05) is 57.8 Å². The van der Waals surface area contributed by atoms with Crippen molar-refractivity contribution in [3.8, 4) is 0 Å². The molecule has 2 aromatic heterocycles. The number of aryl methyl sites for hydroxylation is 4. The molecule has 52 heavy (non-hydrogen) atoms. The number of unbranched alkanes of at least 4 members (excludes halogenated alkanes) is 2. The van der Waals surface area contributed by atoms with Gasteiger partial charge in [-0.2, -0.15) is 0 Å². The maximum atomic E-state index is 11.9. The lowest BCUT2D eigenvalue weighted by molar-refractivity contribution is -0.120. The standard InChI is InChI=1S/C14H27N3O7P2.C13H25N3O8P2/c1-3-10-17-11-12(15-16-17)7-8-13(18)6-4-5-9-14(19,25(2,20)21)26(22,23)24;1-2-9-16-10-11(14-15-16)6-7-12(17)5-3-4-8-13(18,25(19,20)21)26(22,23)24/h11,19H,3-10H2,1-2H3,(H,20,21)(H2,22,23,24);10,18H,2-9H2,1H3,(H2,19,20,21)(H2,22,23,24). The summed E-state index contributed by atoms with van der Waals surface area (Å²) >= 11 is 0. The summed E-state index contributed by atoms with van der Waals surface area (Å²) in [4.78, 5) is 87.6. The summed E-state index contributed by atoms with van der Waals surface area (Å²) in [6.45, 7) is 6.24. The fourth-order valence-corrected chi connectivity index (χ4v) is 10.0. The summed E-state index contributed by atoms with van der Waals surface area (Å²) in [6.07, 6.45) is 5.92. The van der Waals surface area contributed by atoms with Crippen LogP contribution in [0.5, 0.6) is 0 Å². The predicted molar refractivity (Wildman–Crippen MR) is 186 cm³/mol. The van der Waals surface area contributed by atoms with Gasteiger partial charge < -0.3 is 44.5 Å². The molecule has 2 unspecified atom stereocenters. The second-order valence-electron chi connectivity index (χ2n) is 12.5. The van der Waals surface area contributed by atoms with E-state index in [1.165, 1.54) is 0 Å². The molecule has 0 radical (unpaired) electrons. The van der Waals surface area contributed by atoms with Crippen molar-refractivity contribution in [1.29, 1.82) is 0 Å². The van der Waals surface area contributed by atoms with E-state index in [9.17, 15) is 52.7 Å². The minimum Gasteiger partial charge on any atom is -0.369 e. The van der Waals surface area contributed by atoms with Crippen molar-refractivity contribution in [3.63, 3.8) is 0 Å². The van der Waals surface area contributed by atoms with E-state index in [-0.39, 0.29) is 62.9 Å². The number of carbonyl (C=O) groups is 2. The molecule has 25 heteroatoms. The van der Waals surface area contributed by atoms with Gasteiger partial charge >= 0.3 is 22.8 Å². The Balaban J connectivity index is 0.000000520. The van der Waals surface area contributed by atoms with E-state index in [0.717, 1.165) is 31.6 Å². The van der Waals surface area contributed by atoms with Crippen molar-refractivity contribution < 1.29 is 72.3 Å². The zero-order valence-electron chi connectivity index (χ0n) is 29.4. The molecule has 2 aromatic rings. The molecular weight excluding hydrogens is 772 g/mol. The molecule has 0 aliphatic carbocycles. The molecule has 2 atom stereocenters. The van der Waals surface area contributed by atoms with Crippen LogP contribution in [-0.2, 0) is 53.8 Å². The van der Waals surface area contributed by atoms with Crippen LogP contribution in [0.2, 0.25) is 0 Å². The summed E-state index contributed by atoms with van der Waals surface area (Å²) < 4.78 is 48.8. The molecule has 300 valence electrons. The zero-order chi connectivity index (χ0) is 40.0. The minimum absolute atomic E-state index is 0.0401.